The van der Waals surface area contributed by atoms with Crippen LogP contribution in [0.5, 0.6) is 0 Å². The van der Waals surface area contributed by atoms with Crippen LogP contribution in [-0.2, 0) is 6.18 Å². The minimum Gasteiger partial charge on any atom is -0.306 e. The molecule has 0 saturated carbocycles. The van der Waals surface area contributed by atoms with Crippen molar-refractivity contribution < 1.29 is 18.0 Å². The molecule has 0 saturated heterocycles. The topological polar surface area (TPSA) is 72.2 Å². The smallest absolute Gasteiger partial charge is 0.306 e. The van der Waals surface area contributed by atoms with E-state index in [1.54, 1.807) is 6.07 Å². The first-order valence-corrected chi connectivity index (χ1v) is 6.57. The number of nitrogens with one attached hydrogen (secondary N) is 1. The number of hydrogen-bond donors (Lipinski definition) is 1. The lowest BCUT2D eigenvalue weighted by Crippen LogP contribution is -2.15. The molecule has 1 amide bonds. The van der Waals surface area contributed by atoms with Crippen molar-refractivity contribution >= 4 is 29.0 Å². The van der Waals surface area contributed by atoms with Gasteiger partial charge in [-0.1, -0.05) is 11.6 Å². The minimum absolute atomic E-state index is 0.0376. The summed E-state index contributed by atoms with van der Waals surface area (Å²) in [6, 6.07) is 4.27. The van der Waals surface area contributed by atoms with Crippen LogP contribution in [0.15, 0.2) is 36.8 Å². The van der Waals surface area contributed by atoms with Crippen molar-refractivity contribution in [3.8, 4) is 0 Å². The zero-order valence-electron chi connectivity index (χ0n) is 11.2. The number of halogens is 4. The predicted molar refractivity (Wildman–Crippen MR) is 75.2 cm³/mol. The lowest BCUT2D eigenvalue weighted by Gasteiger charge is -2.08. The Morgan fingerprint density at radius 2 is 2.09 bits per heavy atom. The van der Waals surface area contributed by atoms with Gasteiger partial charge in [-0.2, -0.15) is 22.8 Å². The average molecular weight is 342 g/mol. The molecule has 0 unspecified atom stereocenters. The highest BCUT2D eigenvalue weighted by Gasteiger charge is 2.35. The molecule has 23 heavy (non-hydrogen) atoms. The van der Waals surface area contributed by atoms with Gasteiger partial charge < -0.3 is 5.32 Å². The highest BCUT2D eigenvalue weighted by Crippen LogP contribution is 2.33. The van der Waals surface area contributed by atoms with Crippen LogP contribution in [-0.4, -0.2) is 25.5 Å². The summed E-state index contributed by atoms with van der Waals surface area (Å²) in [6.07, 6.45) is -1.20. The highest BCUT2D eigenvalue weighted by atomic mass is 35.5. The lowest BCUT2D eigenvalue weighted by atomic mass is 10.3. The molecule has 0 aliphatic heterocycles. The van der Waals surface area contributed by atoms with Gasteiger partial charge in [-0.3, -0.25) is 9.78 Å². The van der Waals surface area contributed by atoms with Gasteiger partial charge in [0.25, 0.3) is 5.91 Å². The van der Waals surface area contributed by atoms with Crippen LogP contribution < -0.4 is 5.32 Å². The van der Waals surface area contributed by atoms with Gasteiger partial charge in [-0.15, -0.1) is 0 Å². The third-order valence-electron chi connectivity index (χ3n) is 2.91. The van der Waals surface area contributed by atoms with Crippen LogP contribution >= 0.6 is 11.6 Å². The van der Waals surface area contributed by atoms with E-state index in [4.69, 9.17) is 11.6 Å². The number of anilines is 1. The molecular formula is C13H7ClF3N5O. The van der Waals surface area contributed by atoms with Gasteiger partial charge in [0.15, 0.2) is 5.65 Å². The molecule has 0 aliphatic rings. The number of pyridine rings is 1. The molecule has 0 spiro atoms. The Bertz CT molecular complexity index is 878. The van der Waals surface area contributed by atoms with Crippen LogP contribution in [0, 0.1) is 0 Å². The fourth-order valence-electron chi connectivity index (χ4n) is 1.91. The summed E-state index contributed by atoms with van der Waals surface area (Å²) in [4.78, 5) is 19.5. The Labute approximate surface area is 131 Å². The SMILES string of the molecule is O=C(Nc1cc(Cl)nc2c(C(F)(F)F)cnn12)c1cccnc1. The van der Waals surface area contributed by atoms with Crippen LogP contribution in [0.4, 0.5) is 19.0 Å². The molecule has 1 N–H and O–H groups in total. The lowest BCUT2D eigenvalue weighted by molar-refractivity contribution is -0.136. The van der Waals surface area contributed by atoms with Gasteiger partial charge in [0.05, 0.1) is 11.8 Å². The van der Waals surface area contributed by atoms with E-state index in [1.807, 2.05) is 0 Å². The van der Waals surface area contributed by atoms with Crippen LogP contribution in [0.2, 0.25) is 5.15 Å². The molecule has 3 aromatic heterocycles. The molecule has 0 aliphatic carbocycles. The number of carbonyl (C=O) groups is 1. The molecule has 118 valence electrons. The maximum atomic E-state index is 12.9. The van der Waals surface area contributed by atoms with E-state index < -0.39 is 23.3 Å². The van der Waals surface area contributed by atoms with Crippen molar-refractivity contribution in [2.45, 2.75) is 6.18 Å². The Kier molecular flexibility index (Phi) is 3.64. The molecule has 3 heterocycles. The van der Waals surface area contributed by atoms with E-state index >= 15 is 0 Å². The van der Waals surface area contributed by atoms with Crippen molar-refractivity contribution in [3.05, 3.63) is 53.1 Å². The third-order valence-corrected chi connectivity index (χ3v) is 3.10. The average Bonchev–Trinajstić information content (AvgIpc) is 2.92. The molecule has 0 aromatic carbocycles. The van der Waals surface area contributed by atoms with Crippen molar-refractivity contribution in [1.29, 1.82) is 0 Å². The maximum absolute atomic E-state index is 12.9. The second kappa shape index (κ2) is 5.51. The number of alkyl halides is 3. The summed E-state index contributed by atoms with van der Waals surface area (Å²) in [6.45, 7) is 0. The number of aromatic nitrogens is 4. The number of rotatable bonds is 2. The largest absolute Gasteiger partial charge is 0.421 e. The summed E-state index contributed by atoms with van der Waals surface area (Å²) in [5.74, 6) is -0.602. The van der Waals surface area contributed by atoms with Crippen LogP contribution in [0.1, 0.15) is 15.9 Å². The molecule has 0 fully saturated rings. The third kappa shape index (κ3) is 2.95. The number of carbonyl (C=O) groups excluding carboxylic acids is 1. The van der Waals surface area contributed by atoms with Crippen molar-refractivity contribution in [2.24, 2.45) is 0 Å². The maximum Gasteiger partial charge on any atom is 0.421 e. The molecular weight excluding hydrogens is 335 g/mol. The zero-order chi connectivity index (χ0) is 16.6. The molecule has 0 bridgehead atoms. The standard InChI is InChI=1S/C13H7ClF3N5O/c14-9-4-10(21-12(23)7-2-1-3-18-5-7)22-11(20-9)8(6-19-22)13(15,16)17/h1-6H,(H,21,23). The number of hydrogen-bond acceptors (Lipinski definition) is 4. The summed E-state index contributed by atoms with van der Waals surface area (Å²) in [7, 11) is 0. The van der Waals surface area contributed by atoms with Gasteiger partial charge >= 0.3 is 6.18 Å². The molecule has 3 rings (SSSR count). The van der Waals surface area contributed by atoms with Gasteiger partial charge in [-0.05, 0) is 12.1 Å². The van der Waals surface area contributed by atoms with E-state index in [2.05, 4.69) is 20.4 Å². The number of fused-ring (bicyclic) bond motifs is 1. The molecule has 3 aromatic rings. The summed E-state index contributed by atoms with van der Waals surface area (Å²) in [5.41, 5.74) is -1.31. The second-order valence-electron chi connectivity index (χ2n) is 4.45. The van der Waals surface area contributed by atoms with E-state index in [-0.39, 0.29) is 16.5 Å². The summed E-state index contributed by atoms with van der Waals surface area (Å²) >= 11 is 5.75. The van der Waals surface area contributed by atoms with Crippen molar-refractivity contribution in [1.82, 2.24) is 19.6 Å². The normalized spacial score (nSPS) is 11.7. The molecule has 10 heteroatoms. The highest BCUT2D eigenvalue weighted by molar-refractivity contribution is 6.29. The summed E-state index contributed by atoms with van der Waals surface area (Å²) < 4.78 is 39.6. The Morgan fingerprint density at radius 1 is 1.30 bits per heavy atom. The zero-order valence-corrected chi connectivity index (χ0v) is 11.9. The van der Waals surface area contributed by atoms with Gasteiger partial charge in [-0.25, -0.2) is 4.98 Å². The fourth-order valence-corrected chi connectivity index (χ4v) is 2.09. The Morgan fingerprint density at radius 3 is 2.74 bits per heavy atom. The van der Waals surface area contributed by atoms with Gasteiger partial charge in [0, 0.05) is 18.5 Å². The number of amides is 1. The van der Waals surface area contributed by atoms with Crippen molar-refractivity contribution in [3.63, 3.8) is 0 Å². The van der Waals surface area contributed by atoms with E-state index in [1.165, 1.54) is 24.5 Å². The first-order valence-electron chi connectivity index (χ1n) is 6.19. The first-order chi connectivity index (χ1) is 10.9. The monoisotopic (exact) mass is 341 g/mol. The van der Waals surface area contributed by atoms with E-state index in [0.717, 1.165) is 4.52 Å². The van der Waals surface area contributed by atoms with Crippen molar-refractivity contribution in [2.75, 3.05) is 5.32 Å². The fraction of sp³-hybridized carbons (Fsp3) is 0.0769. The Balaban J connectivity index is 2.05. The predicted octanol–water partition coefficient (Wildman–Crippen LogP) is 3.05. The van der Waals surface area contributed by atoms with E-state index in [0.29, 0.717) is 6.20 Å². The summed E-state index contributed by atoms with van der Waals surface area (Å²) in [5, 5.41) is 5.85. The molecule has 0 atom stereocenters. The Hall–Kier alpha value is -2.68. The van der Waals surface area contributed by atoms with Gasteiger partial charge in [0.2, 0.25) is 0 Å². The van der Waals surface area contributed by atoms with Crippen LogP contribution in [0.25, 0.3) is 5.65 Å². The van der Waals surface area contributed by atoms with E-state index in [9.17, 15) is 18.0 Å². The minimum atomic E-state index is -4.63. The molecule has 6 nitrogen and oxygen atoms in total. The number of nitrogens with zero attached hydrogens (tertiary/aromatic N) is 4. The van der Waals surface area contributed by atoms with Crippen LogP contribution in [0.3, 0.4) is 0 Å². The quantitative estimate of drug-likeness (QED) is 0.727. The molecule has 0 radical (unpaired) electrons. The first kappa shape index (κ1) is 15.2. The second-order valence-corrected chi connectivity index (χ2v) is 4.84. The van der Waals surface area contributed by atoms with Gasteiger partial charge in [0.1, 0.15) is 16.5 Å².